The normalized spacial score (nSPS) is 25.5. The van der Waals surface area contributed by atoms with Gasteiger partial charge in [0.15, 0.2) is 5.82 Å². The molecule has 0 N–H and O–H groups in total. The average molecular weight is 591 g/mol. The molecule has 7 aromatic rings. The Morgan fingerprint density at radius 1 is 0.478 bits per heavy atom. The molecule has 1 aromatic heterocycles. The Morgan fingerprint density at radius 3 is 1.93 bits per heavy atom. The second kappa shape index (κ2) is 9.13. The van der Waals surface area contributed by atoms with Crippen molar-refractivity contribution in [3.63, 3.8) is 0 Å². The van der Waals surface area contributed by atoms with E-state index < -0.39 is 0 Å². The van der Waals surface area contributed by atoms with E-state index in [0.717, 1.165) is 57.2 Å². The summed E-state index contributed by atoms with van der Waals surface area (Å²) in [6.07, 6.45) is 7.04. The zero-order valence-corrected chi connectivity index (χ0v) is 25.8. The largest absolute Gasteiger partial charge is 0.228 e. The van der Waals surface area contributed by atoms with Gasteiger partial charge in [0, 0.05) is 21.9 Å². The predicted octanol–water partition coefficient (Wildman–Crippen LogP) is 11.0. The molecular formula is C44H34N2. The first kappa shape index (κ1) is 25.4. The Morgan fingerprint density at radius 2 is 1.13 bits per heavy atom. The molecule has 2 nitrogen and oxygen atoms in total. The minimum atomic E-state index is 0.138. The third kappa shape index (κ3) is 3.32. The second-order valence-electron chi connectivity index (χ2n) is 14.6. The highest BCUT2D eigenvalue weighted by atomic mass is 14.9. The lowest BCUT2D eigenvalue weighted by Gasteiger charge is -2.61. The van der Waals surface area contributed by atoms with E-state index in [1.54, 1.807) is 11.1 Å². The molecule has 0 unspecified atom stereocenters. The quantitative estimate of drug-likeness (QED) is 0.200. The van der Waals surface area contributed by atoms with Gasteiger partial charge >= 0.3 is 0 Å². The third-order valence-electron chi connectivity index (χ3n) is 12.4. The van der Waals surface area contributed by atoms with Crippen molar-refractivity contribution in [3.8, 4) is 33.8 Å². The zero-order chi connectivity index (χ0) is 30.0. The zero-order valence-electron chi connectivity index (χ0n) is 25.8. The van der Waals surface area contributed by atoms with Crippen LogP contribution >= 0.6 is 0 Å². The average Bonchev–Trinajstić information content (AvgIpc) is 3.37. The Labute approximate surface area is 269 Å². The molecule has 46 heavy (non-hydrogen) atoms. The van der Waals surface area contributed by atoms with E-state index in [2.05, 4.69) is 121 Å². The Hall–Kier alpha value is -4.82. The molecule has 1 spiro atoms. The Kier molecular flexibility index (Phi) is 5.04. The van der Waals surface area contributed by atoms with E-state index in [4.69, 9.17) is 9.97 Å². The molecule has 0 radical (unpaired) electrons. The van der Waals surface area contributed by atoms with Crippen molar-refractivity contribution < 1.29 is 0 Å². The Balaban J connectivity index is 1.15. The maximum absolute atomic E-state index is 5.39. The van der Waals surface area contributed by atoms with E-state index in [0.29, 0.717) is 0 Å². The number of hydrogen-bond donors (Lipinski definition) is 0. The van der Waals surface area contributed by atoms with Crippen molar-refractivity contribution in [2.75, 3.05) is 0 Å². The monoisotopic (exact) mass is 590 g/mol. The lowest BCUT2D eigenvalue weighted by molar-refractivity contribution is -0.0398. The van der Waals surface area contributed by atoms with Crippen LogP contribution in [0.2, 0.25) is 0 Å². The molecule has 4 bridgehead atoms. The van der Waals surface area contributed by atoms with E-state index in [1.165, 1.54) is 64.8 Å². The summed E-state index contributed by atoms with van der Waals surface area (Å²) in [6, 6.07) is 45.0. The fourth-order valence-electron chi connectivity index (χ4n) is 10.9. The summed E-state index contributed by atoms with van der Waals surface area (Å²) in [7, 11) is 0. The first-order valence-electron chi connectivity index (χ1n) is 17.2. The van der Waals surface area contributed by atoms with Crippen LogP contribution < -0.4 is 0 Å². The highest BCUT2D eigenvalue weighted by Crippen LogP contribution is 2.69. The molecule has 2 heteroatoms. The van der Waals surface area contributed by atoms with E-state index >= 15 is 0 Å². The van der Waals surface area contributed by atoms with Crippen LogP contribution in [0.1, 0.15) is 43.2 Å². The van der Waals surface area contributed by atoms with Gasteiger partial charge in [0.05, 0.1) is 11.2 Å². The topological polar surface area (TPSA) is 25.8 Å². The van der Waals surface area contributed by atoms with Crippen molar-refractivity contribution in [2.45, 2.75) is 37.5 Å². The number of fused-ring (bicyclic) bond motifs is 6. The summed E-state index contributed by atoms with van der Waals surface area (Å²) in [5.41, 5.74) is 10.4. The Bertz CT molecular complexity index is 2370. The van der Waals surface area contributed by atoms with E-state index in [1.807, 2.05) is 0 Å². The lowest BCUT2D eigenvalue weighted by Crippen LogP contribution is -2.55. The van der Waals surface area contributed by atoms with E-state index in [9.17, 15) is 0 Å². The highest BCUT2D eigenvalue weighted by molar-refractivity contribution is 6.04. The maximum Gasteiger partial charge on any atom is 0.160 e. The minimum Gasteiger partial charge on any atom is -0.228 e. The summed E-state index contributed by atoms with van der Waals surface area (Å²) >= 11 is 0. The van der Waals surface area contributed by atoms with Gasteiger partial charge in [-0.15, -0.1) is 0 Å². The molecule has 4 fully saturated rings. The summed E-state index contributed by atoms with van der Waals surface area (Å²) < 4.78 is 0. The summed E-state index contributed by atoms with van der Waals surface area (Å²) in [6.45, 7) is 0. The molecule has 0 aliphatic heterocycles. The van der Waals surface area contributed by atoms with Crippen molar-refractivity contribution in [3.05, 3.63) is 132 Å². The summed E-state index contributed by atoms with van der Waals surface area (Å²) in [5, 5.41) is 6.25. The summed E-state index contributed by atoms with van der Waals surface area (Å²) in [4.78, 5) is 10.6. The maximum atomic E-state index is 5.39. The van der Waals surface area contributed by atoms with Crippen molar-refractivity contribution >= 4 is 32.4 Å². The SMILES string of the molecule is c1ccc2cc3c(cc2c1)-c1cc(-c2nc(-c4cccc5ccccc45)c4ccccc4n2)ccc1C31C2CC3CC(C2)CC1C3. The van der Waals surface area contributed by atoms with Gasteiger partial charge in [0.25, 0.3) is 0 Å². The van der Waals surface area contributed by atoms with Crippen LogP contribution in [0.3, 0.4) is 0 Å². The molecule has 4 saturated carbocycles. The first-order valence-corrected chi connectivity index (χ1v) is 17.2. The van der Waals surface area contributed by atoms with Gasteiger partial charge in [0.2, 0.25) is 0 Å². The molecule has 220 valence electrons. The number of benzene rings is 6. The fraction of sp³-hybridized carbons (Fsp3) is 0.227. The van der Waals surface area contributed by atoms with Crippen LogP contribution in [0.4, 0.5) is 0 Å². The van der Waals surface area contributed by atoms with Gasteiger partial charge in [-0.05, 0) is 124 Å². The smallest absolute Gasteiger partial charge is 0.160 e. The molecule has 12 rings (SSSR count). The molecule has 0 saturated heterocycles. The van der Waals surface area contributed by atoms with Crippen LogP contribution in [0.25, 0.3) is 66.2 Å². The molecule has 0 atom stereocenters. The van der Waals surface area contributed by atoms with Gasteiger partial charge in [-0.25, -0.2) is 9.97 Å². The fourth-order valence-corrected chi connectivity index (χ4v) is 10.9. The standard InChI is InChI=1S/C44H34N2/c1-2-10-30-25-40-38(23-29(30)9-1)37-24-31(16-17-39(37)44(40)32-19-26-18-27(21-32)22-33(44)20-26)43-45-41-15-6-5-13-36(41)42(46-43)35-14-7-11-28-8-3-4-12-34(28)35/h1-17,23-27,32-33H,18-22H2. The number of nitrogens with zero attached hydrogens (tertiary/aromatic N) is 2. The number of hydrogen-bond acceptors (Lipinski definition) is 2. The van der Waals surface area contributed by atoms with E-state index in [-0.39, 0.29) is 5.41 Å². The lowest BCUT2D eigenvalue weighted by atomic mass is 9.43. The highest BCUT2D eigenvalue weighted by Gasteiger charge is 2.61. The third-order valence-corrected chi connectivity index (χ3v) is 12.4. The van der Waals surface area contributed by atoms with Crippen LogP contribution in [-0.4, -0.2) is 9.97 Å². The summed E-state index contributed by atoms with van der Waals surface area (Å²) in [5.74, 6) is 4.15. The van der Waals surface area contributed by atoms with Gasteiger partial charge in [-0.2, -0.15) is 0 Å². The van der Waals surface area contributed by atoms with Crippen molar-refractivity contribution in [1.82, 2.24) is 9.97 Å². The first-order chi connectivity index (χ1) is 22.7. The van der Waals surface area contributed by atoms with Crippen LogP contribution in [0.5, 0.6) is 0 Å². The molecule has 5 aliphatic rings. The van der Waals surface area contributed by atoms with Crippen molar-refractivity contribution in [2.24, 2.45) is 23.7 Å². The van der Waals surface area contributed by atoms with Crippen LogP contribution in [0.15, 0.2) is 121 Å². The van der Waals surface area contributed by atoms with Crippen molar-refractivity contribution in [1.29, 1.82) is 0 Å². The molecule has 0 amide bonds. The molecule has 5 aliphatic carbocycles. The van der Waals surface area contributed by atoms with Crippen LogP contribution in [0, 0.1) is 23.7 Å². The van der Waals surface area contributed by atoms with Gasteiger partial charge in [0.1, 0.15) is 0 Å². The molecule has 1 heterocycles. The van der Waals surface area contributed by atoms with Gasteiger partial charge in [-0.1, -0.05) is 97.1 Å². The van der Waals surface area contributed by atoms with Gasteiger partial charge < -0.3 is 0 Å². The number of para-hydroxylation sites is 1. The number of aromatic nitrogens is 2. The molecule has 6 aromatic carbocycles. The van der Waals surface area contributed by atoms with Gasteiger partial charge in [-0.3, -0.25) is 0 Å². The minimum absolute atomic E-state index is 0.138. The second-order valence-corrected chi connectivity index (χ2v) is 14.6. The predicted molar refractivity (Wildman–Crippen MR) is 189 cm³/mol. The molecular weight excluding hydrogens is 556 g/mol. The van der Waals surface area contributed by atoms with Crippen LogP contribution in [-0.2, 0) is 5.41 Å². The number of rotatable bonds is 2.